The average Bonchev–Trinajstić information content (AvgIpc) is 3.23. The first-order valence-electron chi connectivity index (χ1n) is 10.0. The topological polar surface area (TPSA) is 80.0 Å². The number of rotatable bonds is 3. The maximum absolute atomic E-state index is 12.8. The molecule has 2 aromatic heterocycles. The Morgan fingerprint density at radius 1 is 1.00 bits per heavy atom. The molecule has 4 aromatic rings. The van der Waals surface area contributed by atoms with E-state index in [0.29, 0.717) is 47.9 Å². The Balaban J connectivity index is 1.36. The van der Waals surface area contributed by atoms with Crippen molar-refractivity contribution in [3.8, 4) is 5.69 Å². The summed E-state index contributed by atoms with van der Waals surface area (Å²) >= 11 is 6.03. The zero-order valence-electron chi connectivity index (χ0n) is 16.9. The molecule has 8 nitrogen and oxygen atoms in total. The number of hydrogen-bond donors (Lipinski definition) is 0. The molecule has 0 radical (unpaired) electrons. The van der Waals surface area contributed by atoms with Crippen LogP contribution >= 0.6 is 11.6 Å². The number of halogens is 1. The minimum absolute atomic E-state index is 0.0136. The van der Waals surface area contributed by atoms with Crippen LogP contribution in [0.2, 0.25) is 5.02 Å². The molecule has 1 amide bonds. The molecule has 0 spiro atoms. The van der Waals surface area contributed by atoms with E-state index in [-0.39, 0.29) is 5.91 Å². The Bertz CT molecular complexity index is 1250. The fourth-order valence-corrected chi connectivity index (χ4v) is 3.94. The number of benzene rings is 2. The summed E-state index contributed by atoms with van der Waals surface area (Å²) in [7, 11) is 0. The van der Waals surface area contributed by atoms with Crippen LogP contribution in [0.5, 0.6) is 0 Å². The lowest BCUT2D eigenvalue weighted by atomic mass is 10.2. The van der Waals surface area contributed by atoms with Crippen molar-refractivity contribution in [2.75, 3.05) is 31.1 Å². The molecule has 0 unspecified atom stereocenters. The van der Waals surface area contributed by atoms with E-state index in [0.717, 1.165) is 11.5 Å². The van der Waals surface area contributed by atoms with E-state index in [4.69, 9.17) is 11.6 Å². The lowest BCUT2D eigenvalue weighted by Gasteiger charge is -2.35. The van der Waals surface area contributed by atoms with Crippen molar-refractivity contribution >= 4 is 34.5 Å². The normalized spacial score (nSPS) is 14.3. The van der Waals surface area contributed by atoms with E-state index in [2.05, 4.69) is 25.2 Å². The molecular weight excluding hydrogens is 414 g/mol. The number of anilines is 1. The van der Waals surface area contributed by atoms with Crippen molar-refractivity contribution in [3.63, 3.8) is 0 Å². The average molecular weight is 434 g/mol. The SMILES string of the molecule is Cc1ccc(-n2nnc3c(N4CCN(C(=O)c5cccc(Cl)c5)CC4)ncnc32)cc1. The van der Waals surface area contributed by atoms with Gasteiger partial charge in [0.05, 0.1) is 5.69 Å². The van der Waals surface area contributed by atoms with Gasteiger partial charge in [0, 0.05) is 36.8 Å². The number of piperazine rings is 1. The largest absolute Gasteiger partial charge is 0.351 e. The molecule has 1 aliphatic heterocycles. The summed E-state index contributed by atoms with van der Waals surface area (Å²) in [5, 5.41) is 9.22. The van der Waals surface area contributed by atoms with Crippen LogP contribution < -0.4 is 4.90 Å². The van der Waals surface area contributed by atoms with E-state index in [1.165, 1.54) is 11.9 Å². The maximum atomic E-state index is 12.8. The number of fused-ring (bicyclic) bond motifs is 1. The lowest BCUT2D eigenvalue weighted by molar-refractivity contribution is 0.0746. The summed E-state index contributed by atoms with van der Waals surface area (Å²) < 4.78 is 1.72. The number of aromatic nitrogens is 5. The predicted octanol–water partition coefficient (Wildman–Crippen LogP) is 3.13. The number of aryl methyl sites for hydroxylation is 1. The maximum Gasteiger partial charge on any atom is 0.254 e. The van der Waals surface area contributed by atoms with E-state index < -0.39 is 0 Å². The van der Waals surface area contributed by atoms with Gasteiger partial charge in [-0.1, -0.05) is 40.6 Å². The third-order valence-corrected chi connectivity index (χ3v) is 5.67. The smallest absolute Gasteiger partial charge is 0.254 e. The molecule has 3 heterocycles. The quantitative estimate of drug-likeness (QED) is 0.494. The molecule has 1 aliphatic rings. The third kappa shape index (κ3) is 3.70. The van der Waals surface area contributed by atoms with Gasteiger partial charge in [-0.15, -0.1) is 5.10 Å². The highest BCUT2D eigenvalue weighted by Crippen LogP contribution is 2.24. The zero-order chi connectivity index (χ0) is 21.4. The number of carbonyl (C=O) groups is 1. The summed E-state index contributed by atoms with van der Waals surface area (Å²) in [6.45, 7) is 4.51. The van der Waals surface area contributed by atoms with Crippen molar-refractivity contribution in [2.24, 2.45) is 0 Å². The van der Waals surface area contributed by atoms with E-state index in [1.54, 1.807) is 28.9 Å². The highest BCUT2D eigenvalue weighted by Gasteiger charge is 2.25. The van der Waals surface area contributed by atoms with Gasteiger partial charge in [0.2, 0.25) is 0 Å². The molecule has 0 atom stereocenters. The first-order valence-corrected chi connectivity index (χ1v) is 10.4. The van der Waals surface area contributed by atoms with Crippen LogP contribution in [0.4, 0.5) is 5.82 Å². The van der Waals surface area contributed by atoms with Crippen molar-refractivity contribution in [1.29, 1.82) is 0 Å². The summed E-state index contributed by atoms with van der Waals surface area (Å²) in [6, 6.07) is 15.1. The summed E-state index contributed by atoms with van der Waals surface area (Å²) in [6.07, 6.45) is 1.54. The Labute approximate surface area is 184 Å². The minimum Gasteiger partial charge on any atom is -0.351 e. The van der Waals surface area contributed by atoms with Gasteiger partial charge in [-0.2, -0.15) is 4.68 Å². The monoisotopic (exact) mass is 433 g/mol. The van der Waals surface area contributed by atoms with E-state index >= 15 is 0 Å². The van der Waals surface area contributed by atoms with E-state index in [1.807, 2.05) is 36.1 Å². The Morgan fingerprint density at radius 3 is 2.52 bits per heavy atom. The molecular formula is C22H20ClN7O. The highest BCUT2D eigenvalue weighted by atomic mass is 35.5. The first kappa shape index (κ1) is 19.4. The fraction of sp³-hybridized carbons (Fsp3) is 0.227. The van der Waals surface area contributed by atoms with Crippen LogP contribution in [0, 0.1) is 6.92 Å². The molecule has 0 saturated carbocycles. The highest BCUT2D eigenvalue weighted by molar-refractivity contribution is 6.30. The summed E-state index contributed by atoms with van der Waals surface area (Å²) in [5.74, 6) is 0.721. The molecule has 1 saturated heterocycles. The van der Waals surface area contributed by atoms with Crippen molar-refractivity contribution in [3.05, 3.63) is 71.0 Å². The van der Waals surface area contributed by atoms with Crippen LogP contribution in [0.3, 0.4) is 0 Å². The van der Waals surface area contributed by atoms with Gasteiger partial charge in [-0.25, -0.2) is 9.97 Å². The second-order valence-electron chi connectivity index (χ2n) is 7.50. The molecule has 156 valence electrons. The van der Waals surface area contributed by atoms with Crippen molar-refractivity contribution < 1.29 is 4.79 Å². The second kappa shape index (κ2) is 7.96. The number of nitrogens with zero attached hydrogens (tertiary/aromatic N) is 7. The van der Waals surface area contributed by atoms with Crippen molar-refractivity contribution in [1.82, 2.24) is 29.9 Å². The molecule has 1 fully saturated rings. The van der Waals surface area contributed by atoms with Crippen LogP contribution in [-0.4, -0.2) is 61.9 Å². The Morgan fingerprint density at radius 2 is 1.77 bits per heavy atom. The molecule has 5 rings (SSSR count). The summed E-state index contributed by atoms with van der Waals surface area (Å²) in [5.41, 5.74) is 3.98. The molecule has 0 aliphatic carbocycles. The minimum atomic E-state index is -0.0136. The standard InChI is InChI=1S/C22H20ClN7O/c1-15-5-7-18(8-6-15)30-21-19(26-27-30)20(24-14-25-21)28-9-11-29(12-10-28)22(31)16-3-2-4-17(23)13-16/h2-8,13-14H,9-12H2,1H3. The van der Waals surface area contributed by atoms with Gasteiger partial charge in [0.25, 0.3) is 5.91 Å². The number of carbonyl (C=O) groups excluding carboxylic acids is 1. The third-order valence-electron chi connectivity index (χ3n) is 5.43. The number of amides is 1. The fourth-order valence-electron chi connectivity index (χ4n) is 3.75. The van der Waals surface area contributed by atoms with Crippen LogP contribution in [0.25, 0.3) is 16.9 Å². The molecule has 9 heteroatoms. The van der Waals surface area contributed by atoms with Crippen LogP contribution in [0.15, 0.2) is 54.9 Å². The lowest BCUT2D eigenvalue weighted by Crippen LogP contribution is -2.49. The molecule has 2 aromatic carbocycles. The van der Waals surface area contributed by atoms with Gasteiger partial charge in [0.1, 0.15) is 6.33 Å². The van der Waals surface area contributed by atoms with Gasteiger partial charge in [-0.3, -0.25) is 4.79 Å². The molecule has 0 bridgehead atoms. The Kier molecular flexibility index (Phi) is 4.99. The van der Waals surface area contributed by atoms with Crippen LogP contribution in [0.1, 0.15) is 15.9 Å². The van der Waals surface area contributed by atoms with Crippen LogP contribution in [-0.2, 0) is 0 Å². The molecule has 0 N–H and O–H groups in total. The zero-order valence-corrected chi connectivity index (χ0v) is 17.7. The van der Waals surface area contributed by atoms with Gasteiger partial charge < -0.3 is 9.80 Å². The van der Waals surface area contributed by atoms with E-state index in [9.17, 15) is 4.79 Å². The van der Waals surface area contributed by atoms with Gasteiger partial charge in [0.15, 0.2) is 17.0 Å². The second-order valence-corrected chi connectivity index (χ2v) is 7.93. The molecule has 31 heavy (non-hydrogen) atoms. The number of hydrogen-bond acceptors (Lipinski definition) is 6. The predicted molar refractivity (Wildman–Crippen MR) is 119 cm³/mol. The van der Waals surface area contributed by atoms with Crippen molar-refractivity contribution in [2.45, 2.75) is 6.92 Å². The summed E-state index contributed by atoms with van der Waals surface area (Å²) in [4.78, 5) is 25.6. The first-order chi connectivity index (χ1) is 15.1. The van der Waals surface area contributed by atoms with Gasteiger partial charge in [-0.05, 0) is 37.3 Å². The Hall–Kier alpha value is -3.52. The van der Waals surface area contributed by atoms with Gasteiger partial charge >= 0.3 is 0 Å².